The lowest BCUT2D eigenvalue weighted by atomic mass is 10.1. The summed E-state index contributed by atoms with van der Waals surface area (Å²) in [5, 5.41) is 11.2. The number of nitro groups is 1. The van der Waals surface area contributed by atoms with Crippen LogP contribution in [0, 0.1) is 16.0 Å². The summed E-state index contributed by atoms with van der Waals surface area (Å²) in [7, 11) is 0. The third-order valence-electron chi connectivity index (χ3n) is 4.39. The number of benzene rings is 2. The summed E-state index contributed by atoms with van der Waals surface area (Å²) in [5.74, 6) is 1.19. The normalized spacial score (nSPS) is 12.6. The Bertz CT molecular complexity index is 957. The Morgan fingerprint density at radius 1 is 1.19 bits per heavy atom. The molecule has 0 aliphatic carbocycles. The molecule has 0 spiro atoms. The fraction of sp³-hybridized carbons (Fsp3) is 0.409. The standard InChI is InChI=1S/C22H25NO8/c1-4-28-20-9-15(5-6-19(20)29-10-14(2)3)22(24)30-12-17-8-18(23(25)26)7-16-11-27-13-31-21(16)17/h5-9,14H,4,10-13H2,1-3H3. The predicted molar refractivity (Wildman–Crippen MR) is 110 cm³/mol. The minimum absolute atomic E-state index is 0.0291. The molecule has 0 radical (unpaired) electrons. The van der Waals surface area contributed by atoms with Crippen LogP contribution in [-0.2, 0) is 22.7 Å². The Labute approximate surface area is 180 Å². The van der Waals surface area contributed by atoms with Crippen molar-refractivity contribution in [2.24, 2.45) is 5.92 Å². The second-order valence-corrected chi connectivity index (χ2v) is 7.34. The first-order chi connectivity index (χ1) is 14.9. The Balaban J connectivity index is 1.77. The zero-order valence-corrected chi connectivity index (χ0v) is 17.7. The monoisotopic (exact) mass is 431 g/mol. The lowest BCUT2D eigenvalue weighted by molar-refractivity contribution is -0.385. The van der Waals surface area contributed by atoms with Crippen LogP contribution in [0.1, 0.15) is 42.3 Å². The molecule has 0 unspecified atom stereocenters. The van der Waals surface area contributed by atoms with Crippen LogP contribution in [0.25, 0.3) is 0 Å². The van der Waals surface area contributed by atoms with Crippen molar-refractivity contribution in [3.05, 3.63) is 57.1 Å². The number of fused-ring (bicyclic) bond motifs is 1. The summed E-state index contributed by atoms with van der Waals surface area (Å²) < 4.78 is 27.4. The molecule has 3 rings (SSSR count). The molecule has 2 aromatic rings. The van der Waals surface area contributed by atoms with Gasteiger partial charge in [0.1, 0.15) is 12.4 Å². The average molecular weight is 431 g/mol. The minimum Gasteiger partial charge on any atom is -0.490 e. The second-order valence-electron chi connectivity index (χ2n) is 7.34. The molecule has 9 heteroatoms. The number of rotatable bonds is 9. The van der Waals surface area contributed by atoms with E-state index in [-0.39, 0.29) is 31.3 Å². The second kappa shape index (κ2) is 10.1. The molecule has 0 bridgehead atoms. The van der Waals surface area contributed by atoms with Gasteiger partial charge in [-0.1, -0.05) is 13.8 Å². The zero-order chi connectivity index (χ0) is 22.4. The third-order valence-corrected chi connectivity index (χ3v) is 4.39. The molecule has 1 heterocycles. The van der Waals surface area contributed by atoms with E-state index in [0.717, 1.165) is 0 Å². The quantitative estimate of drug-likeness (QED) is 0.329. The smallest absolute Gasteiger partial charge is 0.338 e. The van der Waals surface area contributed by atoms with Crippen LogP contribution in [0.2, 0.25) is 0 Å². The number of hydrogen-bond acceptors (Lipinski definition) is 8. The van der Waals surface area contributed by atoms with Crippen molar-refractivity contribution in [3.63, 3.8) is 0 Å². The number of ether oxygens (including phenoxy) is 5. The SMILES string of the molecule is CCOc1cc(C(=O)OCc2cc([N+](=O)[O-])cc3c2OCOC3)ccc1OCC(C)C. The van der Waals surface area contributed by atoms with E-state index in [9.17, 15) is 14.9 Å². The van der Waals surface area contributed by atoms with E-state index >= 15 is 0 Å². The van der Waals surface area contributed by atoms with Gasteiger partial charge in [-0.3, -0.25) is 10.1 Å². The van der Waals surface area contributed by atoms with Gasteiger partial charge in [0, 0.05) is 23.3 Å². The molecule has 0 saturated heterocycles. The van der Waals surface area contributed by atoms with Gasteiger partial charge in [-0.05, 0) is 31.0 Å². The van der Waals surface area contributed by atoms with Crippen molar-refractivity contribution in [1.29, 1.82) is 0 Å². The van der Waals surface area contributed by atoms with Gasteiger partial charge in [0.15, 0.2) is 18.3 Å². The molecule has 31 heavy (non-hydrogen) atoms. The molecule has 9 nitrogen and oxygen atoms in total. The van der Waals surface area contributed by atoms with Gasteiger partial charge >= 0.3 is 5.97 Å². The number of carbonyl (C=O) groups is 1. The van der Waals surface area contributed by atoms with Gasteiger partial charge in [-0.2, -0.15) is 0 Å². The summed E-state index contributed by atoms with van der Waals surface area (Å²) in [4.78, 5) is 23.3. The van der Waals surface area contributed by atoms with E-state index in [4.69, 9.17) is 23.7 Å². The van der Waals surface area contributed by atoms with Crippen molar-refractivity contribution >= 4 is 11.7 Å². The highest BCUT2D eigenvalue weighted by Gasteiger charge is 2.22. The van der Waals surface area contributed by atoms with Crippen LogP contribution in [0.15, 0.2) is 30.3 Å². The van der Waals surface area contributed by atoms with E-state index in [1.807, 2.05) is 20.8 Å². The van der Waals surface area contributed by atoms with Crippen molar-refractivity contribution < 1.29 is 33.4 Å². The molecular weight excluding hydrogens is 406 g/mol. The Hall–Kier alpha value is -3.33. The van der Waals surface area contributed by atoms with E-state index in [2.05, 4.69) is 0 Å². The van der Waals surface area contributed by atoms with Crippen LogP contribution < -0.4 is 14.2 Å². The fourth-order valence-electron chi connectivity index (χ4n) is 3.00. The van der Waals surface area contributed by atoms with Gasteiger partial charge in [0.2, 0.25) is 0 Å². The molecule has 0 N–H and O–H groups in total. The lowest BCUT2D eigenvalue weighted by Gasteiger charge is -2.20. The molecule has 1 aliphatic heterocycles. The maximum absolute atomic E-state index is 12.6. The Kier molecular flexibility index (Phi) is 7.30. The number of esters is 1. The summed E-state index contributed by atoms with van der Waals surface area (Å²) in [6, 6.07) is 7.55. The van der Waals surface area contributed by atoms with Crippen molar-refractivity contribution in [3.8, 4) is 17.2 Å². The topological polar surface area (TPSA) is 106 Å². The predicted octanol–water partition coefficient (Wildman–Crippen LogP) is 4.25. The van der Waals surface area contributed by atoms with Crippen LogP contribution in [0.3, 0.4) is 0 Å². The van der Waals surface area contributed by atoms with Gasteiger partial charge < -0.3 is 23.7 Å². The fourth-order valence-corrected chi connectivity index (χ4v) is 3.00. The molecule has 0 atom stereocenters. The maximum Gasteiger partial charge on any atom is 0.338 e. The van der Waals surface area contributed by atoms with Gasteiger partial charge in [-0.15, -0.1) is 0 Å². The summed E-state index contributed by atoms with van der Waals surface area (Å²) >= 11 is 0. The van der Waals surface area contributed by atoms with Crippen molar-refractivity contribution in [1.82, 2.24) is 0 Å². The van der Waals surface area contributed by atoms with E-state index < -0.39 is 10.9 Å². The van der Waals surface area contributed by atoms with Crippen LogP contribution in [0.5, 0.6) is 17.2 Å². The molecular formula is C22H25NO8. The van der Waals surface area contributed by atoms with E-state index in [0.29, 0.717) is 47.5 Å². The molecule has 2 aromatic carbocycles. The Morgan fingerprint density at radius 3 is 2.71 bits per heavy atom. The number of non-ortho nitro benzene ring substituents is 1. The van der Waals surface area contributed by atoms with Gasteiger partial charge in [0.25, 0.3) is 5.69 Å². The summed E-state index contributed by atoms with van der Waals surface area (Å²) in [6.45, 7) is 6.88. The number of nitrogens with zero attached hydrogens (tertiary/aromatic N) is 1. The number of nitro benzene ring substituents is 1. The van der Waals surface area contributed by atoms with Crippen molar-refractivity contribution in [2.45, 2.75) is 34.0 Å². The highest BCUT2D eigenvalue weighted by Crippen LogP contribution is 2.34. The number of hydrogen-bond donors (Lipinski definition) is 0. The largest absolute Gasteiger partial charge is 0.490 e. The van der Waals surface area contributed by atoms with E-state index in [1.54, 1.807) is 18.2 Å². The molecule has 0 amide bonds. The zero-order valence-electron chi connectivity index (χ0n) is 17.7. The van der Waals surface area contributed by atoms with Crippen molar-refractivity contribution in [2.75, 3.05) is 20.0 Å². The first-order valence-electron chi connectivity index (χ1n) is 9.96. The molecule has 0 saturated carbocycles. The maximum atomic E-state index is 12.6. The molecule has 166 valence electrons. The number of carbonyl (C=O) groups excluding carboxylic acids is 1. The first kappa shape index (κ1) is 22.4. The molecule has 1 aliphatic rings. The highest BCUT2D eigenvalue weighted by molar-refractivity contribution is 5.90. The summed E-state index contributed by atoms with van der Waals surface area (Å²) in [6.07, 6.45) is 0. The molecule has 0 fully saturated rings. The van der Waals surface area contributed by atoms with Crippen LogP contribution in [-0.4, -0.2) is 30.9 Å². The van der Waals surface area contributed by atoms with Crippen LogP contribution in [0.4, 0.5) is 5.69 Å². The van der Waals surface area contributed by atoms with E-state index in [1.165, 1.54) is 12.1 Å². The average Bonchev–Trinajstić information content (AvgIpc) is 2.76. The summed E-state index contributed by atoms with van der Waals surface area (Å²) in [5.41, 5.74) is 1.10. The minimum atomic E-state index is -0.594. The molecule has 0 aromatic heterocycles. The van der Waals surface area contributed by atoms with Gasteiger partial charge in [-0.25, -0.2) is 4.79 Å². The highest BCUT2D eigenvalue weighted by atomic mass is 16.7. The van der Waals surface area contributed by atoms with Gasteiger partial charge in [0.05, 0.1) is 30.3 Å². The first-order valence-corrected chi connectivity index (χ1v) is 9.96. The third kappa shape index (κ3) is 5.64. The van der Waals surface area contributed by atoms with Crippen LogP contribution >= 0.6 is 0 Å². The Morgan fingerprint density at radius 2 is 2.00 bits per heavy atom. The lowest BCUT2D eigenvalue weighted by Crippen LogP contribution is -2.15.